The molecule has 0 unspecified atom stereocenters. The molecule has 3 aromatic heterocycles. The second kappa shape index (κ2) is 9.57. The minimum Gasteiger partial charge on any atom is -0.368 e. The first-order valence-corrected chi connectivity index (χ1v) is 9.38. The summed E-state index contributed by atoms with van der Waals surface area (Å²) >= 11 is 5.82. The molecule has 7 nitrogen and oxygen atoms in total. The van der Waals surface area contributed by atoms with Gasteiger partial charge in [0.15, 0.2) is 5.82 Å². The van der Waals surface area contributed by atoms with Crippen LogP contribution in [0.3, 0.4) is 0 Å². The van der Waals surface area contributed by atoms with Gasteiger partial charge in [-0.3, -0.25) is 14.5 Å². The third kappa shape index (κ3) is 6.18. The van der Waals surface area contributed by atoms with E-state index in [1.165, 1.54) is 0 Å². The maximum absolute atomic E-state index is 12.6. The number of aryl methyl sites for hydroxylation is 2. The Morgan fingerprint density at radius 2 is 1.97 bits per heavy atom. The largest absolute Gasteiger partial charge is 0.417 e. The van der Waals surface area contributed by atoms with Crippen molar-refractivity contribution in [1.29, 1.82) is 0 Å². The molecule has 0 aliphatic carbocycles. The number of carbonyl (C=O) groups excluding carboxylic acids is 1. The lowest BCUT2D eigenvalue weighted by Gasteiger charge is -2.10. The predicted octanol–water partition coefficient (Wildman–Crippen LogP) is 4.03. The molecule has 1 amide bonds. The van der Waals surface area contributed by atoms with Crippen LogP contribution in [-0.2, 0) is 23.9 Å². The smallest absolute Gasteiger partial charge is 0.368 e. The lowest BCUT2D eigenvalue weighted by molar-refractivity contribution is -0.137. The van der Waals surface area contributed by atoms with Crippen molar-refractivity contribution in [3.05, 3.63) is 65.2 Å². The van der Waals surface area contributed by atoms with Gasteiger partial charge in [-0.2, -0.15) is 18.3 Å². The Kier molecular flexibility index (Phi) is 6.88. The number of aromatic nitrogens is 4. The molecule has 0 spiro atoms. The van der Waals surface area contributed by atoms with E-state index in [4.69, 9.17) is 11.6 Å². The Morgan fingerprint density at radius 3 is 2.67 bits per heavy atom. The number of hydrogen-bond acceptors (Lipinski definition) is 5. The van der Waals surface area contributed by atoms with Gasteiger partial charge in [-0.05, 0) is 30.2 Å². The molecular weight excluding hydrogens is 421 g/mol. The SMILES string of the molecule is O=C(CCNc1ncc(C(F)(F)F)cc1Cl)Nc1ccn(CCc2ccncc2)n1. The molecule has 0 aromatic carbocycles. The van der Waals surface area contributed by atoms with Crippen molar-refractivity contribution < 1.29 is 18.0 Å². The first-order chi connectivity index (χ1) is 14.3. The van der Waals surface area contributed by atoms with Gasteiger partial charge in [0.2, 0.25) is 5.91 Å². The number of alkyl halides is 3. The predicted molar refractivity (Wildman–Crippen MR) is 106 cm³/mol. The van der Waals surface area contributed by atoms with Gasteiger partial charge in [-0.15, -0.1) is 0 Å². The fourth-order valence-corrected chi connectivity index (χ4v) is 2.80. The minimum atomic E-state index is -4.52. The minimum absolute atomic E-state index is 0.0584. The first kappa shape index (κ1) is 21.6. The van der Waals surface area contributed by atoms with E-state index in [9.17, 15) is 18.0 Å². The number of halogens is 4. The van der Waals surface area contributed by atoms with E-state index < -0.39 is 11.7 Å². The number of rotatable bonds is 8. The molecule has 3 rings (SSSR count). The lowest BCUT2D eigenvalue weighted by atomic mass is 10.2. The molecule has 0 atom stereocenters. The van der Waals surface area contributed by atoms with E-state index in [1.807, 2.05) is 12.1 Å². The number of nitrogens with one attached hydrogen (secondary N) is 2. The van der Waals surface area contributed by atoms with Gasteiger partial charge >= 0.3 is 6.18 Å². The molecule has 3 heterocycles. The van der Waals surface area contributed by atoms with Gasteiger partial charge in [0.25, 0.3) is 0 Å². The molecule has 11 heteroatoms. The van der Waals surface area contributed by atoms with Crippen molar-refractivity contribution in [2.75, 3.05) is 17.2 Å². The standard InChI is InChI=1S/C19H18ClF3N6O/c20-15-11-14(19(21,22)23)12-26-18(15)25-8-3-17(30)27-16-5-10-29(28-16)9-4-13-1-6-24-7-2-13/h1-2,5-7,10-12H,3-4,8-9H2,(H,25,26)(H,27,28,30). The summed E-state index contributed by atoms with van der Waals surface area (Å²) in [7, 11) is 0. The Bertz CT molecular complexity index is 993. The van der Waals surface area contributed by atoms with Crippen molar-refractivity contribution >= 4 is 29.1 Å². The summed E-state index contributed by atoms with van der Waals surface area (Å²) in [6.07, 6.45) is 2.23. The average Bonchev–Trinajstić information content (AvgIpc) is 3.15. The summed E-state index contributed by atoms with van der Waals surface area (Å²) < 4.78 is 39.6. The van der Waals surface area contributed by atoms with Gasteiger partial charge in [0.1, 0.15) is 5.82 Å². The number of carbonyl (C=O) groups is 1. The Hall–Kier alpha value is -3.14. The molecule has 0 radical (unpaired) electrons. The normalized spacial score (nSPS) is 11.3. The highest BCUT2D eigenvalue weighted by molar-refractivity contribution is 6.33. The third-order valence-electron chi connectivity index (χ3n) is 4.10. The number of amides is 1. The van der Waals surface area contributed by atoms with Gasteiger partial charge in [0, 0.05) is 50.4 Å². The van der Waals surface area contributed by atoms with Gasteiger partial charge < -0.3 is 10.6 Å². The molecule has 0 fully saturated rings. The van der Waals surface area contributed by atoms with E-state index in [-0.39, 0.29) is 29.7 Å². The molecule has 158 valence electrons. The van der Waals surface area contributed by atoms with E-state index in [1.54, 1.807) is 29.3 Å². The maximum Gasteiger partial charge on any atom is 0.417 e. The average molecular weight is 439 g/mol. The van der Waals surface area contributed by atoms with Crippen LogP contribution in [0.1, 0.15) is 17.5 Å². The zero-order valence-corrected chi connectivity index (χ0v) is 16.4. The zero-order chi connectivity index (χ0) is 21.6. The summed E-state index contributed by atoms with van der Waals surface area (Å²) in [5.74, 6) is 0.197. The fourth-order valence-electron chi connectivity index (χ4n) is 2.57. The Morgan fingerprint density at radius 1 is 1.20 bits per heavy atom. The molecule has 30 heavy (non-hydrogen) atoms. The van der Waals surface area contributed by atoms with Gasteiger partial charge in [-0.25, -0.2) is 4.98 Å². The topological polar surface area (TPSA) is 84.7 Å². The molecule has 0 aliphatic rings. The lowest BCUT2D eigenvalue weighted by Crippen LogP contribution is -2.17. The second-order valence-corrected chi connectivity index (χ2v) is 6.75. The van der Waals surface area contributed by atoms with E-state index in [0.717, 1.165) is 18.1 Å². The van der Waals surface area contributed by atoms with Crippen LogP contribution in [0.5, 0.6) is 0 Å². The Balaban J connectivity index is 1.43. The maximum atomic E-state index is 12.6. The summed E-state index contributed by atoms with van der Waals surface area (Å²) in [4.78, 5) is 19.7. The van der Waals surface area contributed by atoms with Crippen LogP contribution in [0.15, 0.2) is 49.1 Å². The van der Waals surface area contributed by atoms with Crippen molar-refractivity contribution in [2.45, 2.75) is 25.6 Å². The zero-order valence-electron chi connectivity index (χ0n) is 15.7. The van der Waals surface area contributed by atoms with Crippen LogP contribution in [0.4, 0.5) is 24.8 Å². The van der Waals surface area contributed by atoms with Crippen molar-refractivity contribution in [3.63, 3.8) is 0 Å². The molecule has 3 aromatic rings. The number of nitrogens with zero attached hydrogens (tertiary/aromatic N) is 4. The van der Waals surface area contributed by atoms with Gasteiger partial charge in [0.05, 0.1) is 10.6 Å². The molecule has 2 N–H and O–H groups in total. The first-order valence-electron chi connectivity index (χ1n) is 9.00. The van der Waals surface area contributed by atoms with Crippen LogP contribution in [0, 0.1) is 0 Å². The molecule has 0 aliphatic heterocycles. The molecule has 0 bridgehead atoms. The number of hydrogen-bond donors (Lipinski definition) is 2. The highest BCUT2D eigenvalue weighted by Gasteiger charge is 2.31. The van der Waals surface area contributed by atoms with Crippen LogP contribution >= 0.6 is 11.6 Å². The van der Waals surface area contributed by atoms with E-state index in [2.05, 4.69) is 25.7 Å². The summed E-state index contributed by atoms with van der Waals surface area (Å²) in [5, 5.41) is 9.54. The van der Waals surface area contributed by atoms with Crippen LogP contribution in [0.25, 0.3) is 0 Å². The summed E-state index contributed by atoms with van der Waals surface area (Å²) in [6, 6.07) is 6.33. The van der Waals surface area contributed by atoms with Crippen molar-refractivity contribution in [2.24, 2.45) is 0 Å². The third-order valence-corrected chi connectivity index (χ3v) is 4.39. The quantitative estimate of drug-likeness (QED) is 0.554. The molecule has 0 saturated carbocycles. The summed E-state index contributed by atoms with van der Waals surface area (Å²) in [6.45, 7) is 0.798. The summed E-state index contributed by atoms with van der Waals surface area (Å²) in [5.41, 5.74) is 0.197. The fraction of sp³-hybridized carbons (Fsp3) is 0.263. The second-order valence-electron chi connectivity index (χ2n) is 6.35. The van der Waals surface area contributed by atoms with Crippen LogP contribution < -0.4 is 10.6 Å². The van der Waals surface area contributed by atoms with E-state index in [0.29, 0.717) is 18.6 Å². The van der Waals surface area contributed by atoms with Crippen LogP contribution in [-0.4, -0.2) is 32.2 Å². The highest BCUT2D eigenvalue weighted by Crippen LogP contribution is 2.32. The van der Waals surface area contributed by atoms with Crippen molar-refractivity contribution in [1.82, 2.24) is 19.7 Å². The molecule has 0 saturated heterocycles. The Labute approximate surface area is 175 Å². The number of anilines is 2. The van der Waals surface area contributed by atoms with Gasteiger partial charge in [-0.1, -0.05) is 11.6 Å². The van der Waals surface area contributed by atoms with Crippen LogP contribution in [0.2, 0.25) is 5.02 Å². The van der Waals surface area contributed by atoms with Crippen molar-refractivity contribution in [3.8, 4) is 0 Å². The highest BCUT2D eigenvalue weighted by atomic mass is 35.5. The number of pyridine rings is 2. The monoisotopic (exact) mass is 438 g/mol. The van der Waals surface area contributed by atoms with E-state index >= 15 is 0 Å². The molecular formula is C19H18ClF3N6O.